The van der Waals surface area contributed by atoms with Crippen LogP contribution >= 0.6 is 0 Å². The molecule has 0 aliphatic rings. The molecule has 0 aromatic carbocycles. The van der Waals surface area contributed by atoms with Gasteiger partial charge in [0.15, 0.2) is 37.2 Å². The average molecular weight is 1340 g/mol. The lowest BCUT2D eigenvalue weighted by molar-refractivity contribution is -0.660. The van der Waals surface area contributed by atoms with Gasteiger partial charge in [0, 0.05) is 167 Å². The average Bonchev–Trinajstić information content (AvgIpc) is 1.58. The molecule has 0 amide bonds. The van der Waals surface area contributed by atoms with Crippen molar-refractivity contribution < 1.29 is 27.4 Å². The Hall–Kier alpha value is -12.5. The Morgan fingerprint density at radius 1 is 0.265 bits per heavy atom. The van der Waals surface area contributed by atoms with Crippen molar-refractivity contribution in [2.45, 2.75) is 41.5 Å². The van der Waals surface area contributed by atoms with Crippen LogP contribution in [-0.2, 0) is 42.3 Å². The lowest BCUT2D eigenvalue weighted by atomic mass is 10.1. The second kappa shape index (κ2) is 30.3. The van der Waals surface area contributed by atoms with E-state index in [1.54, 1.807) is 0 Å². The topological polar surface area (TPSA) is 49.7 Å². The second-order valence-corrected chi connectivity index (χ2v) is 26.2. The van der Waals surface area contributed by atoms with Gasteiger partial charge in [0.05, 0.1) is 22.3 Å². The molecule has 0 atom stereocenters. The van der Waals surface area contributed by atoms with Crippen molar-refractivity contribution in [2.75, 3.05) is 0 Å². The molecule has 102 heavy (non-hydrogen) atoms. The molecule has 0 radical (unpaired) electrons. The fourth-order valence-corrected chi connectivity index (χ4v) is 13.8. The molecule has 18 heterocycles. The maximum absolute atomic E-state index is 2.29. The zero-order chi connectivity index (χ0) is 71.0. The van der Waals surface area contributed by atoms with Crippen LogP contribution in [-0.4, -0.2) is 26.4 Å². The van der Waals surface area contributed by atoms with Gasteiger partial charge in [-0.15, -0.1) is 0 Å². The molecule has 0 N–H and O–H groups in total. The van der Waals surface area contributed by atoms with Crippen molar-refractivity contribution in [2.24, 2.45) is 42.3 Å². The Morgan fingerprint density at radius 3 is 1.31 bits per heavy atom. The van der Waals surface area contributed by atoms with Crippen molar-refractivity contribution in [3.63, 3.8) is 0 Å². The maximum atomic E-state index is 2.29. The fraction of sp³-hybridized carbons (Fsp3) is 0.133. The molecule has 0 fully saturated rings. The molecule has 0 aliphatic heterocycles. The highest BCUT2D eigenvalue weighted by molar-refractivity contribution is 5.73. The molecular weight excluding hydrogens is 1250 g/mol. The first-order valence-corrected chi connectivity index (χ1v) is 34.7. The predicted molar refractivity (Wildman–Crippen MR) is 412 cm³/mol. The third-order valence-corrected chi connectivity index (χ3v) is 19.4. The van der Waals surface area contributed by atoms with E-state index in [1.165, 1.54) is 135 Å². The monoisotopic (exact) mass is 1340 g/mol. The third kappa shape index (κ3) is 14.3. The molecule has 0 spiro atoms. The first-order chi connectivity index (χ1) is 49.6. The standard InChI is InChI=1S/6C15H15N2/c1-12-14(15-7-3-4-10-16(15)2)9-8-13-6-5-11-17(12)13;1-12-8-9-13-6-5-11-17(13)15(12)14-7-3-4-10-16(14)2;1-12-9-10-13-6-5-8-15(17(12)13)14-7-3-4-11-16(14)2;1-12-11-17-9-5-6-13(17)10-14(12)15-7-3-4-8-16(15)2;1-12-10-13-6-5-9-17(13)11-14(12)15-7-3-4-8-16(15)2;1-12-13(15-6-3-4-9-16(15)2)8-11-17-10-5-7-14(12)17/h6*3-11H,1-2H3/q6*+1. The molecule has 12 heteroatoms. The Labute approximate surface area is 598 Å². The van der Waals surface area contributed by atoms with Crippen LogP contribution in [0.2, 0.25) is 0 Å². The van der Waals surface area contributed by atoms with Crippen LogP contribution < -0.4 is 27.4 Å². The normalized spacial score (nSPS) is 10.9. The number of aryl methyl sites for hydroxylation is 12. The molecule has 12 nitrogen and oxygen atoms in total. The van der Waals surface area contributed by atoms with Gasteiger partial charge in [0.2, 0.25) is 34.2 Å². The van der Waals surface area contributed by atoms with E-state index in [2.05, 4.69) is 449 Å². The first-order valence-electron chi connectivity index (χ1n) is 34.7. The van der Waals surface area contributed by atoms with Gasteiger partial charge in [-0.05, 0) is 222 Å². The summed E-state index contributed by atoms with van der Waals surface area (Å²) in [7, 11) is 12.5. The minimum Gasteiger partial charge on any atom is -0.324 e. The molecule has 0 unspecified atom stereocenters. The SMILES string of the molecule is Cc1c(-c2cccc[n+]2C)ccc2cccn12.Cc1c(-c2cccc[n+]2C)ccn2cccc12.Cc1cc2cccn2cc1-c1cccc[n+]1C.Cc1ccc2cccc(-c3cccc[n+]3C)n12.Cc1ccc2cccn2c1-c1cccc[n+]1C.Cc1cn2cccc2cc1-c1cccc[n+]1C. The smallest absolute Gasteiger partial charge is 0.229 e. The van der Waals surface area contributed by atoms with Crippen LogP contribution in [0.5, 0.6) is 0 Å². The molecule has 18 aromatic rings. The van der Waals surface area contributed by atoms with E-state index in [-0.39, 0.29) is 0 Å². The zero-order valence-corrected chi connectivity index (χ0v) is 60.5. The lowest BCUT2D eigenvalue weighted by Gasteiger charge is -2.08. The Morgan fingerprint density at radius 2 is 0.716 bits per heavy atom. The summed E-state index contributed by atoms with van der Waals surface area (Å²) in [6.07, 6.45) is 29.4. The van der Waals surface area contributed by atoms with Crippen molar-refractivity contribution >= 4 is 33.1 Å². The van der Waals surface area contributed by atoms with Gasteiger partial charge >= 0.3 is 0 Å². The Balaban J connectivity index is 0.000000109. The van der Waals surface area contributed by atoms with E-state index in [0.29, 0.717) is 0 Å². The first kappa shape index (κ1) is 68.0. The van der Waals surface area contributed by atoms with Crippen molar-refractivity contribution in [1.82, 2.24) is 26.4 Å². The summed E-state index contributed by atoms with van der Waals surface area (Å²) in [4.78, 5) is 0. The summed E-state index contributed by atoms with van der Waals surface area (Å²) in [5.74, 6) is 0. The molecular formula is C90H90N12+6. The number of nitrogens with zero attached hydrogens (tertiary/aromatic N) is 12. The molecule has 18 rings (SSSR count). The van der Waals surface area contributed by atoms with Crippen LogP contribution in [0.15, 0.2) is 329 Å². The summed E-state index contributed by atoms with van der Waals surface area (Å²) in [6, 6.07) is 84.8. The van der Waals surface area contributed by atoms with Crippen molar-refractivity contribution in [3.05, 3.63) is 363 Å². The van der Waals surface area contributed by atoms with E-state index in [1.807, 2.05) is 18.2 Å². The Kier molecular flexibility index (Phi) is 20.2. The van der Waals surface area contributed by atoms with E-state index in [9.17, 15) is 0 Å². The molecule has 0 aliphatic carbocycles. The molecule has 0 saturated carbocycles. The molecule has 0 bridgehead atoms. The van der Waals surface area contributed by atoms with Crippen LogP contribution in [0.4, 0.5) is 0 Å². The third-order valence-electron chi connectivity index (χ3n) is 19.4. The summed E-state index contributed by atoms with van der Waals surface area (Å²) in [5.41, 5.74) is 30.2. The number of hydrogen-bond donors (Lipinski definition) is 0. The van der Waals surface area contributed by atoms with Gasteiger partial charge in [0.1, 0.15) is 53.7 Å². The molecule has 504 valence electrons. The number of fused-ring (bicyclic) bond motifs is 6. The highest BCUT2D eigenvalue weighted by atomic mass is 15.0. The summed E-state index contributed by atoms with van der Waals surface area (Å²) in [6.45, 7) is 12.9. The number of hydrogen-bond acceptors (Lipinski definition) is 0. The highest BCUT2D eigenvalue weighted by Crippen LogP contribution is 2.28. The second-order valence-electron chi connectivity index (χ2n) is 26.2. The molecule has 18 aromatic heterocycles. The number of aromatic nitrogens is 12. The number of rotatable bonds is 6. The quantitative estimate of drug-likeness (QED) is 0.149. The van der Waals surface area contributed by atoms with Crippen LogP contribution in [0.25, 0.3) is 101 Å². The van der Waals surface area contributed by atoms with Crippen molar-refractivity contribution in [1.29, 1.82) is 0 Å². The van der Waals surface area contributed by atoms with Crippen molar-refractivity contribution in [3.8, 4) is 67.8 Å². The maximum Gasteiger partial charge on any atom is 0.229 e. The summed E-state index contributed by atoms with van der Waals surface area (Å²) in [5, 5.41) is 0. The largest absolute Gasteiger partial charge is 0.324 e. The van der Waals surface area contributed by atoms with E-state index < -0.39 is 0 Å². The minimum absolute atomic E-state index is 1.22. The van der Waals surface area contributed by atoms with E-state index >= 15 is 0 Å². The number of pyridine rings is 12. The zero-order valence-electron chi connectivity index (χ0n) is 60.5. The summed E-state index contributed by atoms with van der Waals surface area (Å²) >= 11 is 0. The van der Waals surface area contributed by atoms with Gasteiger partial charge in [-0.25, -0.2) is 18.3 Å². The predicted octanol–water partition coefficient (Wildman–Crippen LogP) is 16.4. The summed E-state index contributed by atoms with van der Waals surface area (Å²) < 4.78 is 26.1. The van der Waals surface area contributed by atoms with E-state index in [4.69, 9.17) is 0 Å². The lowest BCUT2D eigenvalue weighted by Crippen LogP contribution is -2.30. The van der Waals surface area contributed by atoms with Gasteiger partial charge in [-0.1, -0.05) is 12.1 Å². The van der Waals surface area contributed by atoms with Crippen LogP contribution in [0.3, 0.4) is 0 Å². The van der Waals surface area contributed by atoms with Crippen LogP contribution in [0, 0.1) is 41.5 Å². The Bertz CT molecular complexity index is 5630. The molecule has 0 saturated heterocycles. The van der Waals surface area contributed by atoms with Crippen LogP contribution in [0.1, 0.15) is 33.6 Å². The minimum atomic E-state index is 1.22. The highest BCUT2D eigenvalue weighted by Gasteiger charge is 2.19. The fourth-order valence-electron chi connectivity index (χ4n) is 13.8. The van der Waals surface area contributed by atoms with Gasteiger partial charge in [-0.2, -0.15) is 9.13 Å². The van der Waals surface area contributed by atoms with Gasteiger partial charge in [-0.3, -0.25) is 0 Å². The van der Waals surface area contributed by atoms with E-state index in [0.717, 1.165) is 0 Å². The van der Waals surface area contributed by atoms with Gasteiger partial charge < -0.3 is 26.4 Å². The van der Waals surface area contributed by atoms with Gasteiger partial charge in [0.25, 0.3) is 0 Å².